The molecule has 2 saturated heterocycles. The molecule has 108 valence electrons. The standard InChI is InChI=1S/C16H23N3O/c1-11-5-6-13(17)12(10-11)16(20)18-14-7-9-19-8-3-2-4-15(14)19/h5-6,10,14-15H,2-4,7-9,17H2,1H3,(H,18,20). The summed E-state index contributed by atoms with van der Waals surface area (Å²) in [6, 6.07) is 6.43. The second-order valence-corrected chi connectivity index (χ2v) is 6.06. The monoisotopic (exact) mass is 273 g/mol. The third-order valence-electron chi connectivity index (χ3n) is 4.63. The molecule has 2 heterocycles. The molecular weight excluding hydrogens is 250 g/mol. The fourth-order valence-electron chi connectivity index (χ4n) is 3.53. The number of nitrogens with two attached hydrogens (primary N) is 1. The second kappa shape index (κ2) is 5.44. The predicted octanol–water partition coefficient (Wildman–Crippen LogP) is 1.93. The Balaban J connectivity index is 1.71. The summed E-state index contributed by atoms with van der Waals surface area (Å²) in [4.78, 5) is 15.0. The van der Waals surface area contributed by atoms with Crippen LogP contribution in [0.3, 0.4) is 0 Å². The van der Waals surface area contributed by atoms with Gasteiger partial charge in [0.05, 0.1) is 5.56 Å². The van der Waals surface area contributed by atoms with Gasteiger partial charge in [0.25, 0.3) is 5.91 Å². The number of carbonyl (C=O) groups is 1. The van der Waals surface area contributed by atoms with Crippen LogP contribution in [0.15, 0.2) is 18.2 Å². The molecule has 0 radical (unpaired) electrons. The van der Waals surface area contributed by atoms with Crippen molar-refractivity contribution in [3.05, 3.63) is 29.3 Å². The van der Waals surface area contributed by atoms with Gasteiger partial charge in [0, 0.05) is 24.3 Å². The molecule has 2 aliphatic rings. The van der Waals surface area contributed by atoms with Gasteiger partial charge in [-0.2, -0.15) is 0 Å². The Morgan fingerprint density at radius 2 is 2.15 bits per heavy atom. The minimum absolute atomic E-state index is 0.0244. The van der Waals surface area contributed by atoms with Crippen molar-refractivity contribution >= 4 is 11.6 Å². The van der Waals surface area contributed by atoms with Gasteiger partial charge in [-0.05, 0) is 44.9 Å². The van der Waals surface area contributed by atoms with E-state index in [0.717, 1.165) is 18.5 Å². The summed E-state index contributed by atoms with van der Waals surface area (Å²) in [7, 11) is 0. The van der Waals surface area contributed by atoms with E-state index in [9.17, 15) is 4.79 Å². The number of piperidine rings is 1. The summed E-state index contributed by atoms with van der Waals surface area (Å²) in [5.41, 5.74) is 8.16. The van der Waals surface area contributed by atoms with E-state index in [4.69, 9.17) is 5.73 Å². The molecule has 4 nitrogen and oxygen atoms in total. The summed E-state index contributed by atoms with van der Waals surface area (Å²) in [5, 5.41) is 3.20. The topological polar surface area (TPSA) is 58.4 Å². The molecule has 3 rings (SSSR count). The maximum absolute atomic E-state index is 12.4. The van der Waals surface area contributed by atoms with Crippen LogP contribution in [0.5, 0.6) is 0 Å². The van der Waals surface area contributed by atoms with Crippen molar-refractivity contribution in [1.29, 1.82) is 0 Å². The Hall–Kier alpha value is -1.55. The van der Waals surface area contributed by atoms with Crippen LogP contribution >= 0.6 is 0 Å². The van der Waals surface area contributed by atoms with Crippen LogP contribution in [0.1, 0.15) is 41.6 Å². The lowest BCUT2D eigenvalue weighted by molar-refractivity contribution is 0.0916. The molecule has 3 N–H and O–H groups in total. The van der Waals surface area contributed by atoms with Gasteiger partial charge < -0.3 is 11.1 Å². The lowest BCUT2D eigenvalue weighted by Crippen LogP contribution is -2.46. The smallest absolute Gasteiger partial charge is 0.253 e. The molecule has 0 bridgehead atoms. The molecule has 1 amide bonds. The molecule has 2 unspecified atom stereocenters. The van der Waals surface area contributed by atoms with Crippen LogP contribution in [0.4, 0.5) is 5.69 Å². The molecule has 4 heteroatoms. The van der Waals surface area contributed by atoms with E-state index in [1.54, 1.807) is 0 Å². The third-order valence-corrected chi connectivity index (χ3v) is 4.63. The zero-order valence-corrected chi connectivity index (χ0v) is 12.1. The molecule has 2 aliphatic heterocycles. The highest BCUT2D eigenvalue weighted by Gasteiger charge is 2.36. The number of aryl methyl sites for hydroxylation is 1. The fourth-order valence-corrected chi connectivity index (χ4v) is 3.53. The number of nitrogen functional groups attached to an aromatic ring is 1. The fraction of sp³-hybridized carbons (Fsp3) is 0.562. The molecule has 0 spiro atoms. The average molecular weight is 273 g/mol. The van der Waals surface area contributed by atoms with Crippen LogP contribution in [0.25, 0.3) is 0 Å². The second-order valence-electron chi connectivity index (χ2n) is 6.06. The van der Waals surface area contributed by atoms with E-state index < -0.39 is 0 Å². The van der Waals surface area contributed by atoms with Gasteiger partial charge in [0.1, 0.15) is 0 Å². The lowest BCUT2D eigenvalue weighted by atomic mass is 9.98. The average Bonchev–Trinajstić information content (AvgIpc) is 2.85. The van der Waals surface area contributed by atoms with Crippen LogP contribution in [0, 0.1) is 6.92 Å². The molecule has 1 aromatic carbocycles. The number of rotatable bonds is 2. The molecular formula is C16H23N3O. The van der Waals surface area contributed by atoms with E-state index in [0.29, 0.717) is 17.3 Å². The molecule has 20 heavy (non-hydrogen) atoms. The van der Waals surface area contributed by atoms with Crippen molar-refractivity contribution in [2.24, 2.45) is 0 Å². The number of hydrogen-bond donors (Lipinski definition) is 2. The Morgan fingerprint density at radius 3 is 3.00 bits per heavy atom. The van der Waals surface area contributed by atoms with E-state index in [1.165, 1.54) is 25.8 Å². The molecule has 2 atom stereocenters. The summed E-state index contributed by atoms with van der Waals surface area (Å²) >= 11 is 0. The number of benzene rings is 1. The Labute approximate surface area is 120 Å². The van der Waals surface area contributed by atoms with Crippen molar-refractivity contribution in [3.8, 4) is 0 Å². The quantitative estimate of drug-likeness (QED) is 0.810. The minimum atomic E-state index is -0.0244. The van der Waals surface area contributed by atoms with Crippen molar-refractivity contribution in [3.63, 3.8) is 0 Å². The first-order valence-electron chi connectivity index (χ1n) is 7.56. The molecule has 0 aliphatic carbocycles. The summed E-state index contributed by atoms with van der Waals surface area (Å²) in [6.45, 7) is 4.27. The number of hydrogen-bond acceptors (Lipinski definition) is 3. The van der Waals surface area contributed by atoms with Gasteiger partial charge >= 0.3 is 0 Å². The summed E-state index contributed by atoms with van der Waals surface area (Å²) < 4.78 is 0. The van der Waals surface area contributed by atoms with Gasteiger partial charge in [-0.25, -0.2) is 0 Å². The van der Waals surface area contributed by atoms with Crippen molar-refractivity contribution in [1.82, 2.24) is 10.2 Å². The Morgan fingerprint density at radius 1 is 1.30 bits per heavy atom. The number of anilines is 1. The number of carbonyl (C=O) groups excluding carboxylic acids is 1. The molecule has 2 fully saturated rings. The number of amides is 1. The maximum atomic E-state index is 12.4. The number of nitrogens with one attached hydrogen (secondary N) is 1. The van der Waals surface area contributed by atoms with Crippen LogP contribution in [-0.4, -0.2) is 36.0 Å². The van der Waals surface area contributed by atoms with Gasteiger partial charge in [0.15, 0.2) is 0 Å². The zero-order chi connectivity index (χ0) is 14.1. The van der Waals surface area contributed by atoms with Gasteiger partial charge in [0.2, 0.25) is 0 Å². The first kappa shape index (κ1) is 13.4. The zero-order valence-electron chi connectivity index (χ0n) is 12.1. The van der Waals surface area contributed by atoms with Crippen LogP contribution < -0.4 is 11.1 Å². The SMILES string of the molecule is Cc1ccc(N)c(C(=O)NC2CCN3CCCCC23)c1. The Kier molecular flexibility index (Phi) is 3.66. The lowest BCUT2D eigenvalue weighted by Gasteiger charge is -2.32. The minimum Gasteiger partial charge on any atom is -0.398 e. The first-order chi connectivity index (χ1) is 9.65. The normalized spacial score (nSPS) is 26.2. The van der Waals surface area contributed by atoms with E-state index in [2.05, 4.69) is 10.2 Å². The van der Waals surface area contributed by atoms with Crippen molar-refractivity contribution in [2.75, 3.05) is 18.8 Å². The Bertz CT molecular complexity index is 514. The molecule has 1 aromatic rings. The summed E-state index contributed by atoms with van der Waals surface area (Å²) in [6.07, 6.45) is 4.83. The highest BCUT2D eigenvalue weighted by molar-refractivity contribution is 5.99. The molecule has 0 saturated carbocycles. The maximum Gasteiger partial charge on any atom is 0.253 e. The summed E-state index contributed by atoms with van der Waals surface area (Å²) in [5.74, 6) is -0.0244. The molecule has 0 aromatic heterocycles. The van der Waals surface area contributed by atoms with Gasteiger partial charge in [-0.15, -0.1) is 0 Å². The van der Waals surface area contributed by atoms with Gasteiger partial charge in [-0.1, -0.05) is 18.1 Å². The van der Waals surface area contributed by atoms with Crippen LogP contribution in [-0.2, 0) is 0 Å². The first-order valence-corrected chi connectivity index (χ1v) is 7.56. The number of fused-ring (bicyclic) bond motifs is 1. The number of nitrogens with zero attached hydrogens (tertiary/aromatic N) is 1. The van der Waals surface area contributed by atoms with Crippen LogP contribution in [0.2, 0.25) is 0 Å². The third kappa shape index (κ3) is 2.52. The van der Waals surface area contributed by atoms with Gasteiger partial charge in [-0.3, -0.25) is 9.69 Å². The highest BCUT2D eigenvalue weighted by Crippen LogP contribution is 2.27. The van der Waals surface area contributed by atoms with Crippen molar-refractivity contribution in [2.45, 2.75) is 44.7 Å². The van der Waals surface area contributed by atoms with E-state index in [-0.39, 0.29) is 11.9 Å². The highest BCUT2D eigenvalue weighted by atomic mass is 16.1. The van der Waals surface area contributed by atoms with Crippen molar-refractivity contribution < 1.29 is 4.79 Å². The van der Waals surface area contributed by atoms with E-state index >= 15 is 0 Å². The predicted molar refractivity (Wildman–Crippen MR) is 80.7 cm³/mol. The largest absolute Gasteiger partial charge is 0.398 e. The van der Waals surface area contributed by atoms with E-state index in [1.807, 2.05) is 25.1 Å².